The zero-order valence-corrected chi connectivity index (χ0v) is 8.02. The minimum absolute atomic E-state index is 1.10. The van der Waals surface area contributed by atoms with Crippen molar-refractivity contribution in [1.29, 1.82) is 0 Å². The first-order valence-electron chi connectivity index (χ1n) is 2.44. The molecule has 0 unspecified atom stereocenters. The van der Waals surface area contributed by atoms with E-state index in [0.717, 1.165) is 5.70 Å². The summed E-state index contributed by atoms with van der Waals surface area (Å²) in [6.07, 6.45) is 5.97. The van der Waals surface area contributed by atoms with Crippen molar-refractivity contribution in [2.45, 2.75) is 13.8 Å². The normalized spacial score (nSPS) is 12.5. The predicted molar refractivity (Wildman–Crippen MR) is 31.0 cm³/mol. The van der Waals surface area contributed by atoms with Gasteiger partial charge in [-0.05, 0) is 0 Å². The van der Waals surface area contributed by atoms with Crippen molar-refractivity contribution in [2.24, 2.45) is 3.50 Å². The van der Waals surface area contributed by atoms with Crippen LogP contribution in [0.1, 0.15) is 13.8 Å². The summed E-state index contributed by atoms with van der Waals surface area (Å²) >= 11 is 1.26. The summed E-state index contributed by atoms with van der Waals surface area (Å²) in [5.41, 5.74) is 1.10. The number of allylic oxidation sites excluding steroid dienone is 4. The van der Waals surface area contributed by atoms with Crippen LogP contribution in [0, 0.1) is 0 Å². The summed E-state index contributed by atoms with van der Waals surface area (Å²) in [5.74, 6) is 0. The third kappa shape index (κ3) is 4.14. The van der Waals surface area contributed by atoms with Gasteiger partial charge >= 0.3 is 60.9 Å². The van der Waals surface area contributed by atoms with Crippen LogP contribution in [-0.4, -0.2) is 0 Å². The van der Waals surface area contributed by atoms with Crippen LogP contribution < -0.4 is 0 Å². The fourth-order valence-electron chi connectivity index (χ4n) is 0.266. The molecule has 0 bridgehead atoms. The molecule has 0 aromatic carbocycles. The zero-order chi connectivity index (χ0) is 6.41. The summed E-state index contributed by atoms with van der Waals surface area (Å²) in [6.45, 7) is 3.99. The summed E-state index contributed by atoms with van der Waals surface area (Å²) in [6, 6.07) is 0. The van der Waals surface area contributed by atoms with Gasteiger partial charge in [0.15, 0.2) is 0 Å². The number of hydrogen-bond donors (Lipinski definition) is 0. The summed E-state index contributed by atoms with van der Waals surface area (Å²) in [4.78, 5) is 0. The molecular weight excluding hydrogens is 270 g/mol. The monoisotopic (exact) mass is 279 g/mol. The Kier molecular flexibility index (Phi) is 5.09. The predicted octanol–water partition coefficient (Wildman–Crippen LogP) is 2.20. The van der Waals surface area contributed by atoms with Gasteiger partial charge in [0.1, 0.15) is 0 Å². The van der Waals surface area contributed by atoms with Crippen LogP contribution >= 0.6 is 0 Å². The van der Waals surface area contributed by atoms with Crippen molar-refractivity contribution < 1.29 is 19.6 Å². The van der Waals surface area contributed by atoms with Gasteiger partial charge in [-0.3, -0.25) is 0 Å². The van der Waals surface area contributed by atoms with E-state index in [-0.39, 0.29) is 0 Å². The third-order valence-electron chi connectivity index (χ3n) is 0.674. The molecule has 0 saturated carbocycles. The molecule has 0 radical (unpaired) electrons. The van der Waals surface area contributed by atoms with E-state index in [4.69, 9.17) is 0 Å². The molecule has 0 aromatic heterocycles. The van der Waals surface area contributed by atoms with Gasteiger partial charge in [0, 0.05) is 0 Å². The Bertz CT molecular complexity index is 124. The molecule has 1 nitrogen and oxygen atoms in total. The van der Waals surface area contributed by atoms with Gasteiger partial charge in [-0.1, -0.05) is 0 Å². The number of hydrogen-bond acceptors (Lipinski definition) is 1. The Labute approximate surface area is 61.2 Å². The van der Waals surface area contributed by atoms with Gasteiger partial charge < -0.3 is 0 Å². The molecule has 0 N–H and O–H groups in total. The molecule has 0 rings (SSSR count). The Hall–Kier alpha value is -0.0317. The van der Waals surface area contributed by atoms with Crippen molar-refractivity contribution in [3.05, 3.63) is 23.9 Å². The average molecular weight is 279 g/mol. The van der Waals surface area contributed by atoms with Crippen molar-refractivity contribution in [2.75, 3.05) is 0 Å². The quantitative estimate of drug-likeness (QED) is 0.687. The molecule has 44 valence electrons. The first-order valence-corrected chi connectivity index (χ1v) is 3.75. The molecule has 0 spiro atoms. The molecule has 2 heteroatoms. The van der Waals surface area contributed by atoms with Crippen LogP contribution in [0.2, 0.25) is 0 Å². The standard InChI is InChI=1S/C6H9N.W/c1-3-4-5-6(2)7;/h3-5H,1-2H3;/b4-3?,6-5-;. The fraction of sp³-hybridized carbons (Fsp3) is 0.333. The molecule has 8 heavy (non-hydrogen) atoms. The maximum atomic E-state index is 4.02. The maximum absolute atomic E-state index is 4.02. The topological polar surface area (TPSA) is 12.4 Å². The molecule has 0 saturated heterocycles. The van der Waals surface area contributed by atoms with Crippen LogP contribution in [0.25, 0.3) is 0 Å². The van der Waals surface area contributed by atoms with Crippen molar-refractivity contribution >= 4 is 0 Å². The van der Waals surface area contributed by atoms with Gasteiger partial charge in [0.05, 0.1) is 0 Å². The van der Waals surface area contributed by atoms with Crippen LogP contribution in [0.3, 0.4) is 0 Å². The van der Waals surface area contributed by atoms with E-state index < -0.39 is 0 Å². The van der Waals surface area contributed by atoms with Crippen LogP contribution in [0.15, 0.2) is 27.4 Å². The van der Waals surface area contributed by atoms with E-state index >= 15 is 0 Å². The minimum atomic E-state index is 1.10. The van der Waals surface area contributed by atoms with E-state index in [9.17, 15) is 0 Å². The molecule has 0 aliphatic rings. The Morgan fingerprint density at radius 2 is 2.25 bits per heavy atom. The van der Waals surface area contributed by atoms with Crippen LogP contribution in [0.4, 0.5) is 0 Å². The number of rotatable bonds is 2. The molecule has 0 heterocycles. The molecule has 0 fully saturated rings. The second-order valence-corrected chi connectivity index (χ2v) is 2.08. The Morgan fingerprint density at radius 1 is 1.62 bits per heavy atom. The first-order chi connectivity index (χ1) is 3.81. The van der Waals surface area contributed by atoms with E-state index in [1.54, 1.807) is 0 Å². The fourth-order valence-corrected chi connectivity index (χ4v) is 0.485. The molecule has 0 aromatic rings. The SMILES string of the molecule is CC=C/C=C(/C)[N]=[W]. The van der Waals surface area contributed by atoms with E-state index in [1.807, 2.05) is 32.1 Å². The van der Waals surface area contributed by atoms with Gasteiger partial charge in [0.25, 0.3) is 0 Å². The van der Waals surface area contributed by atoms with Crippen molar-refractivity contribution in [3.8, 4) is 0 Å². The van der Waals surface area contributed by atoms with E-state index in [1.165, 1.54) is 19.6 Å². The third-order valence-corrected chi connectivity index (χ3v) is 1.71. The summed E-state index contributed by atoms with van der Waals surface area (Å²) in [5, 5.41) is 0. The summed E-state index contributed by atoms with van der Waals surface area (Å²) in [7, 11) is 0. The second kappa shape index (κ2) is 5.11. The van der Waals surface area contributed by atoms with Crippen LogP contribution in [0.5, 0.6) is 0 Å². The van der Waals surface area contributed by atoms with Crippen molar-refractivity contribution in [3.63, 3.8) is 0 Å². The van der Waals surface area contributed by atoms with E-state index in [0.29, 0.717) is 0 Å². The number of nitrogens with zero attached hydrogens (tertiary/aromatic N) is 1. The van der Waals surface area contributed by atoms with Crippen molar-refractivity contribution in [1.82, 2.24) is 0 Å². The van der Waals surface area contributed by atoms with Gasteiger partial charge in [-0.15, -0.1) is 0 Å². The molecule has 0 amide bonds. The first kappa shape index (κ1) is 7.97. The Morgan fingerprint density at radius 3 is 2.62 bits per heavy atom. The zero-order valence-electron chi connectivity index (χ0n) is 5.09. The van der Waals surface area contributed by atoms with Gasteiger partial charge in [-0.2, -0.15) is 0 Å². The molecular formula is C6H9NW. The second-order valence-electron chi connectivity index (χ2n) is 1.43. The van der Waals surface area contributed by atoms with E-state index in [2.05, 4.69) is 3.50 Å². The summed E-state index contributed by atoms with van der Waals surface area (Å²) < 4.78 is 4.02. The molecule has 0 aliphatic heterocycles. The van der Waals surface area contributed by atoms with Gasteiger partial charge in [-0.25, -0.2) is 0 Å². The van der Waals surface area contributed by atoms with Gasteiger partial charge in [0.2, 0.25) is 0 Å². The Balaban J connectivity index is 3.74. The molecule has 0 atom stereocenters. The average Bonchev–Trinajstić information content (AvgIpc) is 1.83. The molecule has 0 aliphatic carbocycles. The van der Waals surface area contributed by atoms with Crippen LogP contribution in [-0.2, 0) is 19.6 Å².